The summed E-state index contributed by atoms with van der Waals surface area (Å²) in [5.74, 6) is -1.33. The zero-order valence-electron chi connectivity index (χ0n) is 13.4. The van der Waals surface area contributed by atoms with Crippen LogP contribution in [-0.4, -0.2) is 40.1 Å². The molecule has 1 saturated heterocycles. The number of thiophene rings is 1. The summed E-state index contributed by atoms with van der Waals surface area (Å²) >= 11 is 1.63. The molecule has 7 heteroatoms. The molecule has 2 aromatic rings. The number of piperidine rings is 1. The maximum absolute atomic E-state index is 12.5. The van der Waals surface area contributed by atoms with Crippen LogP contribution in [0.25, 0.3) is 11.3 Å². The standard InChI is InChI=1S/C17H19N3O3S/c1-11-8-13(10-24-11)15-14(5-2-6-18-15)19-17(23)20-7-3-4-12(9-20)16(21)22/h2,5-6,8,10,12H,3-4,7,9H2,1H3,(H,19,23)(H,21,22). The highest BCUT2D eigenvalue weighted by Gasteiger charge is 2.28. The predicted octanol–water partition coefficient (Wildman–Crippen LogP) is 3.45. The fourth-order valence-electron chi connectivity index (χ4n) is 2.86. The monoisotopic (exact) mass is 345 g/mol. The van der Waals surface area contributed by atoms with Crippen molar-refractivity contribution in [2.24, 2.45) is 5.92 Å². The van der Waals surface area contributed by atoms with Crippen LogP contribution in [0.4, 0.5) is 10.5 Å². The SMILES string of the molecule is Cc1cc(-c2ncccc2NC(=O)N2CCCC(C(=O)O)C2)cs1. The second-order valence-electron chi connectivity index (χ2n) is 5.90. The van der Waals surface area contributed by atoms with E-state index in [9.17, 15) is 9.59 Å². The predicted molar refractivity (Wildman–Crippen MR) is 93.2 cm³/mol. The molecule has 0 aromatic carbocycles. The van der Waals surface area contributed by atoms with Gasteiger partial charge in [-0.15, -0.1) is 11.3 Å². The third-order valence-corrected chi connectivity index (χ3v) is 4.97. The number of carboxylic acid groups (broad SMARTS) is 1. The number of pyridine rings is 1. The van der Waals surface area contributed by atoms with E-state index in [1.54, 1.807) is 28.5 Å². The summed E-state index contributed by atoms with van der Waals surface area (Å²) in [5, 5.41) is 14.0. The fraction of sp³-hybridized carbons (Fsp3) is 0.353. The van der Waals surface area contributed by atoms with Gasteiger partial charge in [0.15, 0.2) is 0 Å². The maximum Gasteiger partial charge on any atom is 0.321 e. The largest absolute Gasteiger partial charge is 0.481 e. The fourth-order valence-corrected chi connectivity index (χ4v) is 3.55. The van der Waals surface area contributed by atoms with Crippen LogP contribution in [0.5, 0.6) is 0 Å². The van der Waals surface area contributed by atoms with E-state index in [0.717, 1.165) is 11.3 Å². The molecule has 3 heterocycles. The summed E-state index contributed by atoms with van der Waals surface area (Å²) in [6.07, 6.45) is 3.01. The van der Waals surface area contributed by atoms with E-state index in [1.165, 1.54) is 4.88 Å². The second kappa shape index (κ2) is 7.00. The van der Waals surface area contributed by atoms with Gasteiger partial charge < -0.3 is 15.3 Å². The van der Waals surface area contributed by atoms with Gasteiger partial charge in [-0.3, -0.25) is 9.78 Å². The summed E-state index contributed by atoms with van der Waals surface area (Å²) in [4.78, 5) is 30.8. The van der Waals surface area contributed by atoms with Gasteiger partial charge in [-0.1, -0.05) is 0 Å². The Morgan fingerprint density at radius 1 is 1.46 bits per heavy atom. The Morgan fingerprint density at radius 2 is 2.29 bits per heavy atom. The summed E-state index contributed by atoms with van der Waals surface area (Å²) in [6.45, 7) is 2.84. The number of urea groups is 1. The minimum Gasteiger partial charge on any atom is -0.481 e. The molecule has 2 N–H and O–H groups in total. The topological polar surface area (TPSA) is 82.5 Å². The number of carbonyl (C=O) groups is 2. The lowest BCUT2D eigenvalue weighted by Gasteiger charge is -2.30. The third kappa shape index (κ3) is 3.56. The van der Waals surface area contributed by atoms with E-state index < -0.39 is 11.9 Å². The first-order valence-electron chi connectivity index (χ1n) is 7.84. The molecule has 1 atom stereocenters. The number of aryl methyl sites for hydroxylation is 1. The molecule has 0 radical (unpaired) electrons. The average Bonchev–Trinajstić information content (AvgIpc) is 3.01. The molecular weight excluding hydrogens is 326 g/mol. The first-order chi connectivity index (χ1) is 11.5. The average molecular weight is 345 g/mol. The van der Waals surface area contributed by atoms with Crippen LogP contribution < -0.4 is 5.32 Å². The molecule has 24 heavy (non-hydrogen) atoms. The molecule has 126 valence electrons. The molecule has 0 bridgehead atoms. The Balaban J connectivity index is 1.76. The van der Waals surface area contributed by atoms with Crippen molar-refractivity contribution < 1.29 is 14.7 Å². The van der Waals surface area contributed by atoms with E-state index in [0.29, 0.717) is 25.1 Å². The van der Waals surface area contributed by atoms with E-state index in [2.05, 4.69) is 10.3 Å². The molecular formula is C17H19N3O3S. The quantitative estimate of drug-likeness (QED) is 0.892. The van der Waals surface area contributed by atoms with Crippen LogP contribution >= 0.6 is 11.3 Å². The van der Waals surface area contributed by atoms with Gasteiger partial charge in [-0.2, -0.15) is 0 Å². The minimum absolute atomic E-state index is 0.244. The van der Waals surface area contributed by atoms with Crippen LogP contribution in [0.2, 0.25) is 0 Å². The lowest BCUT2D eigenvalue weighted by atomic mass is 9.99. The number of aromatic nitrogens is 1. The molecule has 1 fully saturated rings. The maximum atomic E-state index is 12.5. The number of anilines is 1. The molecule has 6 nitrogen and oxygen atoms in total. The van der Waals surface area contributed by atoms with E-state index in [-0.39, 0.29) is 12.6 Å². The summed E-state index contributed by atoms with van der Waals surface area (Å²) in [7, 11) is 0. The molecule has 0 saturated carbocycles. The summed E-state index contributed by atoms with van der Waals surface area (Å²) < 4.78 is 0. The number of likely N-dealkylation sites (tertiary alicyclic amines) is 1. The van der Waals surface area contributed by atoms with E-state index in [4.69, 9.17) is 5.11 Å². The Hall–Kier alpha value is -2.41. The smallest absolute Gasteiger partial charge is 0.321 e. The lowest BCUT2D eigenvalue weighted by Crippen LogP contribution is -2.44. The van der Waals surface area contributed by atoms with Crippen LogP contribution in [0.15, 0.2) is 29.8 Å². The van der Waals surface area contributed by atoms with Crippen molar-refractivity contribution in [1.29, 1.82) is 0 Å². The van der Waals surface area contributed by atoms with Crippen molar-refractivity contribution in [1.82, 2.24) is 9.88 Å². The molecule has 2 amide bonds. The van der Waals surface area contributed by atoms with Crippen molar-refractivity contribution >= 4 is 29.0 Å². The highest BCUT2D eigenvalue weighted by molar-refractivity contribution is 7.10. The number of carbonyl (C=O) groups excluding carboxylic acids is 1. The first-order valence-corrected chi connectivity index (χ1v) is 8.72. The Labute approximate surface area is 144 Å². The summed E-state index contributed by atoms with van der Waals surface area (Å²) in [6, 6.07) is 5.34. The van der Waals surface area contributed by atoms with Crippen LogP contribution in [0.1, 0.15) is 17.7 Å². The van der Waals surface area contributed by atoms with Gasteiger partial charge in [0.05, 0.1) is 17.3 Å². The van der Waals surface area contributed by atoms with Crippen molar-refractivity contribution in [3.05, 3.63) is 34.7 Å². The Morgan fingerprint density at radius 3 is 3.00 bits per heavy atom. The summed E-state index contributed by atoms with van der Waals surface area (Å²) in [5.41, 5.74) is 2.33. The molecule has 0 spiro atoms. The van der Waals surface area contributed by atoms with Gasteiger partial charge >= 0.3 is 12.0 Å². The van der Waals surface area contributed by atoms with Gasteiger partial charge in [0.25, 0.3) is 0 Å². The Kier molecular flexibility index (Phi) is 4.80. The minimum atomic E-state index is -0.844. The van der Waals surface area contributed by atoms with Gasteiger partial charge in [0.2, 0.25) is 0 Å². The molecule has 1 aliphatic heterocycles. The second-order valence-corrected chi connectivity index (χ2v) is 7.01. The number of carboxylic acids is 1. The molecule has 1 aliphatic rings. The highest BCUT2D eigenvalue weighted by atomic mass is 32.1. The number of amides is 2. The highest BCUT2D eigenvalue weighted by Crippen LogP contribution is 2.29. The molecule has 0 aliphatic carbocycles. The Bertz CT molecular complexity index is 759. The van der Waals surface area contributed by atoms with E-state index in [1.807, 2.05) is 24.4 Å². The van der Waals surface area contributed by atoms with Gasteiger partial charge in [-0.05, 0) is 38.0 Å². The third-order valence-electron chi connectivity index (χ3n) is 4.11. The first kappa shape index (κ1) is 16.4. The molecule has 2 aromatic heterocycles. The normalized spacial score (nSPS) is 17.5. The van der Waals surface area contributed by atoms with Crippen molar-refractivity contribution in [3.63, 3.8) is 0 Å². The van der Waals surface area contributed by atoms with Gasteiger partial charge in [-0.25, -0.2) is 4.79 Å². The van der Waals surface area contributed by atoms with E-state index >= 15 is 0 Å². The zero-order valence-corrected chi connectivity index (χ0v) is 14.2. The van der Waals surface area contributed by atoms with Crippen LogP contribution in [0, 0.1) is 12.8 Å². The number of aliphatic carboxylic acids is 1. The molecule has 3 rings (SSSR count). The number of nitrogens with zero attached hydrogens (tertiary/aromatic N) is 2. The number of hydrogen-bond donors (Lipinski definition) is 2. The zero-order chi connectivity index (χ0) is 17.1. The van der Waals surface area contributed by atoms with Gasteiger partial charge in [0, 0.05) is 35.1 Å². The van der Waals surface area contributed by atoms with Crippen molar-refractivity contribution in [3.8, 4) is 11.3 Å². The van der Waals surface area contributed by atoms with Crippen molar-refractivity contribution in [2.45, 2.75) is 19.8 Å². The number of rotatable bonds is 3. The lowest BCUT2D eigenvalue weighted by molar-refractivity contribution is -0.143. The van der Waals surface area contributed by atoms with Crippen LogP contribution in [-0.2, 0) is 4.79 Å². The van der Waals surface area contributed by atoms with Gasteiger partial charge in [0.1, 0.15) is 0 Å². The molecule has 1 unspecified atom stereocenters. The number of hydrogen-bond acceptors (Lipinski definition) is 4. The van der Waals surface area contributed by atoms with Crippen molar-refractivity contribution in [2.75, 3.05) is 18.4 Å². The number of nitrogens with one attached hydrogen (secondary N) is 1. The van der Waals surface area contributed by atoms with Crippen LogP contribution in [0.3, 0.4) is 0 Å².